The Hall–Kier alpha value is -2.77. The average molecular weight is 399 g/mol. The van der Waals surface area contributed by atoms with Gasteiger partial charge in [-0.2, -0.15) is 0 Å². The molecular weight excluding hydrogens is 373 g/mol. The van der Waals surface area contributed by atoms with Gasteiger partial charge in [0, 0.05) is 37.5 Å². The van der Waals surface area contributed by atoms with Crippen LogP contribution in [-0.2, 0) is 17.8 Å². The van der Waals surface area contributed by atoms with Crippen molar-refractivity contribution in [2.45, 2.75) is 51.0 Å². The summed E-state index contributed by atoms with van der Waals surface area (Å²) in [6.45, 7) is 2.17. The number of aryl methyl sites for hydroxylation is 1. The number of piperidine rings is 1. The van der Waals surface area contributed by atoms with Crippen LogP contribution in [0, 0.1) is 5.82 Å². The minimum Gasteiger partial charge on any atom is -0.343 e. The van der Waals surface area contributed by atoms with E-state index >= 15 is 0 Å². The zero-order valence-corrected chi connectivity index (χ0v) is 16.4. The molecule has 2 aliphatic heterocycles. The van der Waals surface area contributed by atoms with Crippen molar-refractivity contribution in [3.63, 3.8) is 0 Å². The van der Waals surface area contributed by atoms with Crippen molar-refractivity contribution in [2.24, 2.45) is 0 Å². The third-order valence-corrected chi connectivity index (χ3v) is 5.78. The van der Waals surface area contributed by atoms with Gasteiger partial charge in [0.15, 0.2) is 0 Å². The van der Waals surface area contributed by atoms with Crippen LogP contribution in [0.2, 0.25) is 0 Å². The largest absolute Gasteiger partial charge is 0.343 e. The molecule has 2 aromatic rings. The van der Waals surface area contributed by atoms with E-state index in [4.69, 9.17) is 0 Å². The van der Waals surface area contributed by atoms with E-state index in [2.05, 4.69) is 20.1 Å². The third kappa shape index (κ3) is 4.46. The Morgan fingerprint density at radius 2 is 1.90 bits per heavy atom. The first kappa shape index (κ1) is 19.5. The SMILES string of the molecule is O=C(NCC(=O)N1CCC[C@@H](c2nnc3n2CCCCC3)C1)c1ccc(F)cc1. The predicted molar refractivity (Wildman–Crippen MR) is 105 cm³/mol. The van der Waals surface area contributed by atoms with Gasteiger partial charge in [-0.1, -0.05) is 6.42 Å². The van der Waals surface area contributed by atoms with Crippen LogP contribution in [0.1, 0.15) is 60.0 Å². The van der Waals surface area contributed by atoms with E-state index in [-0.39, 0.29) is 24.3 Å². The van der Waals surface area contributed by atoms with Crippen LogP contribution < -0.4 is 5.32 Å². The molecule has 1 fully saturated rings. The lowest BCUT2D eigenvalue weighted by atomic mass is 9.97. The molecule has 2 amide bonds. The van der Waals surface area contributed by atoms with Gasteiger partial charge in [-0.05, 0) is 49.9 Å². The van der Waals surface area contributed by atoms with E-state index in [9.17, 15) is 14.0 Å². The number of benzene rings is 1. The third-order valence-electron chi connectivity index (χ3n) is 5.78. The molecule has 0 bridgehead atoms. The number of nitrogens with zero attached hydrogens (tertiary/aromatic N) is 4. The van der Waals surface area contributed by atoms with E-state index in [1.165, 1.54) is 30.7 Å². The maximum absolute atomic E-state index is 13.0. The highest BCUT2D eigenvalue weighted by Gasteiger charge is 2.29. The number of hydrogen-bond donors (Lipinski definition) is 1. The molecule has 1 aromatic heterocycles. The van der Waals surface area contributed by atoms with Crippen LogP contribution in [0.15, 0.2) is 24.3 Å². The fourth-order valence-corrected chi connectivity index (χ4v) is 4.19. The molecule has 4 rings (SSSR count). The number of carbonyl (C=O) groups excluding carboxylic acids is 2. The number of likely N-dealkylation sites (tertiary alicyclic amines) is 1. The van der Waals surface area contributed by atoms with E-state index < -0.39 is 5.82 Å². The number of amides is 2. The average Bonchev–Trinajstić information content (AvgIpc) is 3.00. The van der Waals surface area contributed by atoms with Crippen molar-refractivity contribution in [1.82, 2.24) is 25.0 Å². The summed E-state index contributed by atoms with van der Waals surface area (Å²) in [5.74, 6) is 1.35. The summed E-state index contributed by atoms with van der Waals surface area (Å²) in [4.78, 5) is 26.6. The highest BCUT2D eigenvalue weighted by molar-refractivity contribution is 5.96. The number of carbonyl (C=O) groups is 2. The normalized spacial score (nSPS) is 19.3. The number of rotatable bonds is 4. The molecule has 8 heteroatoms. The maximum atomic E-state index is 13.0. The van der Waals surface area contributed by atoms with Crippen LogP contribution in [0.5, 0.6) is 0 Å². The van der Waals surface area contributed by atoms with Crippen molar-refractivity contribution in [2.75, 3.05) is 19.6 Å². The second-order valence-electron chi connectivity index (χ2n) is 7.81. The van der Waals surface area contributed by atoms with E-state index in [1.807, 2.05) is 0 Å². The summed E-state index contributed by atoms with van der Waals surface area (Å²) in [5.41, 5.74) is 0.335. The Morgan fingerprint density at radius 1 is 1.07 bits per heavy atom. The molecular formula is C21H26FN5O2. The van der Waals surface area contributed by atoms with Gasteiger partial charge in [0.25, 0.3) is 5.91 Å². The monoisotopic (exact) mass is 399 g/mol. The second-order valence-corrected chi connectivity index (χ2v) is 7.81. The Bertz CT molecular complexity index is 880. The molecule has 154 valence electrons. The first-order chi connectivity index (χ1) is 14.1. The minimum atomic E-state index is -0.400. The summed E-state index contributed by atoms with van der Waals surface area (Å²) in [6, 6.07) is 5.27. The topological polar surface area (TPSA) is 80.1 Å². The molecule has 0 unspecified atom stereocenters. The van der Waals surface area contributed by atoms with Crippen molar-refractivity contribution >= 4 is 11.8 Å². The van der Waals surface area contributed by atoms with E-state index in [0.29, 0.717) is 18.7 Å². The highest BCUT2D eigenvalue weighted by atomic mass is 19.1. The fraction of sp³-hybridized carbons (Fsp3) is 0.524. The quantitative estimate of drug-likeness (QED) is 0.855. The lowest BCUT2D eigenvalue weighted by molar-refractivity contribution is -0.131. The second kappa shape index (κ2) is 8.71. The lowest BCUT2D eigenvalue weighted by Gasteiger charge is -2.32. The molecule has 1 aromatic carbocycles. The maximum Gasteiger partial charge on any atom is 0.251 e. The van der Waals surface area contributed by atoms with Crippen LogP contribution in [0.4, 0.5) is 4.39 Å². The summed E-state index contributed by atoms with van der Waals surface area (Å²) in [5, 5.41) is 11.5. The minimum absolute atomic E-state index is 0.0686. The molecule has 0 aliphatic carbocycles. The molecule has 0 saturated carbocycles. The lowest BCUT2D eigenvalue weighted by Crippen LogP contribution is -2.45. The molecule has 1 atom stereocenters. The number of fused-ring (bicyclic) bond motifs is 1. The van der Waals surface area contributed by atoms with Crippen molar-refractivity contribution < 1.29 is 14.0 Å². The van der Waals surface area contributed by atoms with Gasteiger partial charge < -0.3 is 14.8 Å². The van der Waals surface area contributed by atoms with Crippen LogP contribution in [0.25, 0.3) is 0 Å². The van der Waals surface area contributed by atoms with Gasteiger partial charge >= 0.3 is 0 Å². The zero-order chi connectivity index (χ0) is 20.2. The molecule has 0 spiro atoms. The first-order valence-corrected chi connectivity index (χ1v) is 10.4. The van der Waals surface area contributed by atoms with Crippen molar-refractivity contribution in [3.05, 3.63) is 47.3 Å². The summed E-state index contributed by atoms with van der Waals surface area (Å²) < 4.78 is 15.2. The van der Waals surface area contributed by atoms with Gasteiger partial charge in [0.1, 0.15) is 17.5 Å². The summed E-state index contributed by atoms with van der Waals surface area (Å²) in [7, 11) is 0. The smallest absolute Gasteiger partial charge is 0.251 e. The molecule has 29 heavy (non-hydrogen) atoms. The Morgan fingerprint density at radius 3 is 2.72 bits per heavy atom. The zero-order valence-electron chi connectivity index (χ0n) is 16.4. The Balaban J connectivity index is 1.36. The van der Waals surface area contributed by atoms with E-state index in [0.717, 1.165) is 50.3 Å². The summed E-state index contributed by atoms with van der Waals surface area (Å²) >= 11 is 0. The van der Waals surface area contributed by atoms with Gasteiger partial charge in [0.05, 0.1) is 6.54 Å². The summed E-state index contributed by atoms with van der Waals surface area (Å²) in [6.07, 6.45) is 6.38. The molecule has 3 heterocycles. The van der Waals surface area contributed by atoms with Crippen molar-refractivity contribution in [3.8, 4) is 0 Å². The highest BCUT2D eigenvalue weighted by Crippen LogP contribution is 2.28. The van der Waals surface area contributed by atoms with Crippen LogP contribution in [0.3, 0.4) is 0 Å². The van der Waals surface area contributed by atoms with Gasteiger partial charge in [0.2, 0.25) is 5.91 Å². The molecule has 0 radical (unpaired) electrons. The number of aromatic nitrogens is 3. The van der Waals surface area contributed by atoms with Gasteiger partial charge in [-0.25, -0.2) is 4.39 Å². The van der Waals surface area contributed by atoms with Gasteiger partial charge in [-0.15, -0.1) is 10.2 Å². The van der Waals surface area contributed by atoms with E-state index in [1.54, 1.807) is 4.90 Å². The molecule has 1 saturated heterocycles. The molecule has 2 aliphatic rings. The number of hydrogen-bond acceptors (Lipinski definition) is 4. The van der Waals surface area contributed by atoms with Crippen molar-refractivity contribution in [1.29, 1.82) is 0 Å². The number of halogens is 1. The standard InChI is InChI=1S/C21H26FN5O2/c22-17-9-7-15(8-10-17)21(29)23-13-19(28)26-11-4-5-16(14-26)20-25-24-18-6-2-1-3-12-27(18)20/h7-10,16H,1-6,11-14H2,(H,23,29)/t16-/m1/s1. The van der Waals surface area contributed by atoms with Crippen LogP contribution in [-0.4, -0.2) is 51.1 Å². The fourth-order valence-electron chi connectivity index (χ4n) is 4.19. The first-order valence-electron chi connectivity index (χ1n) is 10.4. The predicted octanol–water partition coefficient (Wildman–Crippen LogP) is 2.28. The number of nitrogens with one attached hydrogen (secondary N) is 1. The molecule has 7 nitrogen and oxygen atoms in total. The van der Waals surface area contributed by atoms with Gasteiger partial charge in [-0.3, -0.25) is 9.59 Å². The Kier molecular flexibility index (Phi) is 5.87. The van der Waals surface area contributed by atoms with Crippen LogP contribution >= 0.6 is 0 Å². The molecule has 1 N–H and O–H groups in total. The Labute approximate surface area is 169 Å².